The Bertz CT molecular complexity index is 751. The largest absolute Gasteiger partial charge is 0.490 e. The van der Waals surface area contributed by atoms with E-state index in [9.17, 15) is 9.59 Å². The number of ether oxygens (including phenoxy) is 2. The summed E-state index contributed by atoms with van der Waals surface area (Å²) in [7, 11) is 0. The number of ketones is 1. The van der Waals surface area contributed by atoms with Crippen LogP contribution in [0.25, 0.3) is 0 Å². The molecule has 2 unspecified atom stereocenters. The molecule has 2 aromatic carbocycles. The summed E-state index contributed by atoms with van der Waals surface area (Å²) in [5, 5.41) is 0.587. The molecule has 0 heterocycles. The van der Waals surface area contributed by atoms with Crippen LogP contribution in [0.15, 0.2) is 48.5 Å². The van der Waals surface area contributed by atoms with Crippen molar-refractivity contribution in [1.29, 1.82) is 0 Å². The van der Waals surface area contributed by atoms with Gasteiger partial charge in [0.25, 0.3) is 0 Å². The van der Waals surface area contributed by atoms with Crippen molar-refractivity contribution in [3.8, 4) is 5.75 Å². The van der Waals surface area contributed by atoms with Gasteiger partial charge < -0.3 is 9.47 Å². The molecule has 0 aliphatic rings. The topological polar surface area (TPSA) is 52.6 Å². The van der Waals surface area contributed by atoms with Crippen molar-refractivity contribution in [2.45, 2.75) is 39.9 Å². The third kappa shape index (κ3) is 5.33. The third-order valence-corrected chi connectivity index (χ3v) is 4.22. The van der Waals surface area contributed by atoms with Crippen molar-refractivity contribution in [1.82, 2.24) is 0 Å². The molecule has 0 saturated carbocycles. The zero-order valence-electron chi connectivity index (χ0n) is 15.4. The Labute approximate surface area is 159 Å². The summed E-state index contributed by atoms with van der Waals surface area (Å²) < 4.78 is 11.0. The maximum absolute atomic E-state index is 12.4. The van der Waals surface area contributed by atoms with Crippen LogP contribution in [0.5, 0.6) is 5.75 Å². The van der Waals surface area contributed by atoms with E-state index in [0.29, 0.717) is 21.9 Å². The van der Waals surface area contributed by atoms with E-state index in [-0.39, 0.29) is 24.0 Å². The van der Waals surface area contributed by atoms with Crippen LogP contribution >= 0.6 is 11.6 Å². The van der Waals surface area contributed by atoms with Crippen molar-refractivity contribution < 1.29 is 19.1 Å². The van der Waals surface area contributed by atoms with Crippen molar-refractivity contribution in [3.05, 3.63) is 64.7 Å². The Hall–Kier alpha value is -2.33. The Morgan fingerprint density at radius 1 is 0.846 bits per heavy atom. The molecule has 0 spiro atoms. The predicted molar refractivity (Wildman–Crippen MR) is 102 cm³/mol. The lowest BCUT2D eigenvalue weighted by molar-refractivity contribution is -0.154. The minimum Gasteiger partial charge on any atom is -0.490 e. The maximum Gasteiger partial charge on any atom is 0.312 e. The van der Waals surface area contributed by atoms with Gasteiger partial charge in [0.2, 0.25) is 0 Å². The normalized spacial score (nSPS) is 13.2. The van der Waals surface area contributed by atoms with Crippen molar-refractivity contribution in [3.63, 3.8) is 0 Å². The van der Waals surface area contributed by atoms with E-state index < -0.39 is 5.92 Å². The van der Waals surface area contributed by atoms with Gasteiger partial charge in [0.15, 0.2) is 5.78 Å². The zero-order chi connectivity index (χ0) is 19.3. The fourth-order valence-corrected chi connectivity index (χ4v) is 2.43. The monoisotopic (exact) mass is 374 g/mol. The van der Waals surface area contributed by atoms with Gasteiger partial charge in [0.1, 0.15) is 11.9 Å². The van der Waals surface area contributed by atoms with Crippen LogP contribution in [0.3, 0.4) is 0 Å². The third-order valence-electron chi connectivity index (χ3n) is 3.97. The number of halogens is 1. The Morgan fingerprint density at radius 3 is 1.85 bits per heavy atom. The van der Waals surface area contributed by atoms with Crippen LogP contribution < -0.4 is 4.74 Å². The first-order valence-corrected chi connectivity index (χ1v) is 8.93. The fourth-order valence-electron chi connectivity index (χ4n) is 2.30. The number of rotatable bonds is 7. The first-order chi connectivity index (χ1) is 12.3. The lowest BCUT2D eigenvalue weighted by Crippen LogP contribution is -2.31. The van der Waals surface area contributed by atoms with E-state index in [1.54, 1.807) is 55.5 Å². The molecular weight excluding hydrogens is 352 g/mol. The highest BCUT2D eigenvalue weighted by Crippen LogP contribution is 2.20. The number of hydrogen-bond acceptors (Lipinski definition) is 4. The molecule has 2 atom stereocenters. The van der Waals surface area contributed by atoms with Crippen molar-refractivity contribution >= 4 is 23.4 Å². The molecule has 0 aromatic heterocycles. The van der Waals surface area contributed by atoms with Crippen LogP contribution in [0.4, 0.5) is 0 Å². The molecule has 0 amide bonds. The number of esters is 1. The van der Waals surface area contributed by atoms with Gasteiger partial charge in [-0.3, -0.25) is 9.59 Å². The van der Waals surface area contributed by atoms with Crippen molar-refractivity contribution in [2.24, 2.45) is 5.92 Å². The van der Waals surface area contributed by atoms with Crippen LogP contribution in [0.1, 0.15) is 43.6 Å². The van der Waals surface area contributed by atoms with Crippen molar-refractivity contribution in [2.75, 3.05) is 0 Å². The molecule has 2 rings (SSSR count). The second-order valence-corrected chi connectivity index (χ2v) is 6.89. The molecule has 0 bridgehead atoms. The molecule has 0 aliphatic carbocycles. The summed E-state index contributed by atoms with van der Waals surface area (Å²) in [5.74, 6) is -0.181. The van der Waals surface area contributed by atoms with E-state index >= 15 is 0 Å². The van der Waals surface area contributed by atoms with Crippen LogP contribution in [0, 0.1) is 5.92 Å². The summed E-state index contributed by atoms with van der Waals surface area (Å²) in [6, 6.07) is 13.6. The summed E-state index contributed by atoms with van der Waals surface area (Å²) in [5.41, 5.74) is 1.13. The average molecular weight is 375 g/mol. The smallest absolute Gasteiger partial charge is 0.312 e. The molecule has 0 aliphatic heterocycles. The summed E-state index contributed by atoms with van der Waals surface area (Å²) in [6.45, 7) is 7.21. The van der Waals surface area contributed by atoms with Crippen LogP contribution in [-0.2, 0) is 9.53 Å². The molecule has 0 radical (unpaired) electrons. The zero-order valence-corrected chi connectivity index (χ0v) is 16.1. The van der Waals surface area contributed by atoms with Gasteiger partial charge in [-0.1, -0.05) is 11.6 Å². The lowest BCUT2D eigenvalue weighted by atomic mass is 10.0. The van der Waals surface area contributed by atoms with E-state index in [1.165, 1.54) is 0 Å². The quantitative estimate of drug-likeness (QED) is 0.509. The van der Waals surface area contributed by atoms with Gasteiger partial charge in [-0.05, 0) is 76.2 Å². The molecular formula is C21H23ClO4. The van der Waals surface area contributed by atoms with Gasteiger partial charge in [-0.15, -0.1) is 0 Å². The molecule has 5 heteroatoms. The highest BCUT2D eigenvalue weighted by molar-refractivity contribution is 6.30. The SMILES string of the molecule is CC(C)OC(=O)C(C)C(C)Oc1ccc(C(=O)c2ccc(Cl)cc2)cc1. The maximum atomic E-state index is 12.4. The van der Waals surface area contributed by atoms with Gasteiger partial charge in [-0.2, -0.15) is 0 Å². The summed E-state index contributed by atoms with van der Waals surface area (Å²) in [6.07, 6.45) is -0.505. The molecule has 138 valence electrons. The molecule has 0 saturated heterocycles. The van der Waals surface area contributed by atoms with Gasteiger partial charge in [-0.25, -0.2) is 0 Å². The van der Waals surface area contributed by atoms with Gasteiger partial charge in [0.05, 0.1) is 12.0 Å². The van der Waals surface area contributed by atoms with E-state index in [4.69, 9.17) is 21.1 Å². The molecule has 0 N–H and O–H groups in total. The van der Waals surface area contributed by atoms with Crippen LogP contribution in [-0.4, -0.2) is 24.0 Å². The minimum atomic E-state index is -0.396. The summed E-state index contributed by atoms with van der Waals surface area (Å²) in [4.78, 5) is 24.4. The first kappa shape index (κ1) is 20.0. The Balaban J connectivity index is 2.01. The standard InChI is InChI=1S/C21H23ClO4/c1-13(2)25-21(24)14(3)15(4)26-19-11-7-17(8-12-19)20(23)16-5-9-18(22)10-6-16/h5-15H,1-4H3. The van der Waals surface area contributed by atoms with Gasteiger partial charge in [0, 0.05) is 16.1 Å². The van der Waals surface area contributed by atoms with Gasteiger partial charge >= 0.3 is 5.97 Å². The molecule has 4 nitrogen and oxygen atoms in total. The fraction of sp³-hybridized carbons (Fsp3) is 0.333. The lowest BCUT2D eigenvalue weighted by Gasteiger charge is -2.21. The minimum absolute atomic E-state index is 0.0878. The second-order valence-electron chi connectivity index (χ2n) is 6.46. The Morgan fingerprint density at radius 2 is 1.35 bits per heavy atom. The number of benzene rings is 2. The predicted octanol–water partition coefficient (Wildman–Crippen LogP) is 4.93. The summed E-state index contributed by atoms with van der Waals surface area (Å²) >= 11 is 5.85. The van der Waals surface area contributed by atoms with E-state index in [1.807, 2.05) is 20.8 Å². The van der Waals surface area contributed by atoms with Crippen LogP contribution in [0.2, 0.25) is 5.02 Å². The highest BCUT2D eigenvalue weighted by atomic mass is 35.5. The van der Waals surface area contributed by atoms with E-state index in [0.717, 1.165) is 0 Å². The number of carbonyl (C=O) groups is 2. The highest BCUT2D eigenvalue weighted by Gasteiger charge is 2.24. The molecule has 2 aromatic rings. The average Bonchev–Trinajstić information content (AvgIpc) is 2.61. The second kappa shape index (κ2) is 8.86. The first-order valence-electron chi connectivity index (χ1n) is 8.55. The molecule has 26 heavy (non-hydrogen) atoms. The molecule has 0 fully saturated rings. The number of hydrogen-bond donors (Lipinski definition) is 0. The van der Waals surface area contributed by atoms with E-state index in [2.05, 4.69) is 0 Å². The number of carbonyl (C=O) groups excluding carboxylic acids is 2. The Kier molecular flexibility index (Phi) is 6.81.